The fourth-order valence-corrected chi connectivity index (χ4v) is 2.01. The van der Waals surface area contributed by atoms with Crippen molar-refractivity contribution >= 4 is 33.6 Å². The Bertz CT molecular complexity index is 342. The van der Waals surface area contributed by atoms with Crippen molar-refractivity contribution in [1.82, 2.24) is 10.3 Å². The number of rotatable bonds is 5. The molecule has 88 valence electrons. The topological polar surface area (TPSA) is 42.0 Å². The largest absolute Gasteiger partial charge is 0.350 e. The fraction of sp³-hybridized carbons (Fsp3) is 0.455. The molecule has 0 aromatic carbocycles. The molecule has 1 aromatic heterocycles. The summed E-state index contributed by atoms with van der Waals surface area (Å²) in [5.41, 5.74) is 0.596. The van der Waals surface area contributed by atoms with Crippen molar-refractivity contribution < 1.29 is 4.79 Å². The number of aromatic nitrogens is 1. The molecule has 1 heterocycles. The second kappa shape index (κ2) is 6.91. The van der Waals surface area contributed by atoms with Crippen LogP contribution in [0.3, 0.4) is 0 Å². The van der Waals surface area contributed by atoms with Crippen LogP contribution >= 0.6 is 27.7 Å². The Hall–Kier alpha value is -0.550. The molecule has 0 aliphatic heterocycles. The molecule has 1 rings (SSSR count). The fourth-order valence-electron chi connectivity index (χ4n) is 1.18. The molecule has 3 nitrogen and oxygen atoms in total. The Morgan fingerprint density at radius 1 is 1.62 bits per heavy atom. The normalized spacial score (nSPS) is 12.2. The minimum atomic E-state index is -0.0615. The Morgan fingerprint density at radius 3 is 2.94 bits per heavy atom. The van der Waals surface area contributed by atoms with E-state index < -0.39 is 0 Å². The van der Waals surface area contributed by atoms with Gasteiger partial charge >= 0.3 is 0 Å². The molecule has 5 heteroatoms. The average Bonchev–Trinajstić information content (AvgIpc) is 2.27. The van der Waals surface area contributed by atoms with Gasteiger partial charge in [-0.15, -0.1) is 0 Å². The van der Waals surface area contributed by atoms with Gasteiger partial charge in [0, 0.05) is 12.2 Å². The zero-order valence-corrected chi connectivity index (χ0v) is 11.8. The van der Waals surface area contributed by atoms with Crippen molar-refractivity contribution in [1.29, 1.82) is 0 Å². The Morgan fingerprint density at radius 2 is 2.38 bits per heavy atom. The molecule has 0 saturated carbocycles. The molecule has 0 radical (unpaired) electrons. The Kier molecular flexibility index (Phi) is 5.84. The molecule has 1 atom stereocenters. The zero-order chi connectivity index (χ0) is 12.0. The van der Waals surface area contributed by atoms with E-state index in [1.807, 2.05) is 6.92 Å². The molecular weight excluding hydrogens is 288 g/mol. The van der Waals surface area contributed by atoms with Gasteiger partial charge in [0.05, 0.1) is 5.56 Å². The van der Waals surface area contributed by atoms with Gasteiger partial charge in [-0.1, -0.05) is 0 Å². The summed E-state index contributed by atoms with van der Waals surface area (Å²) in [7, 11) is 0. The van der Waals surface area contributed by atoms with Crippen LogP contribution in [0.1, 0.15) is 23.7 Å². The summed E-state index contributed by atoms with van der Waals surface area (Å²) in [6, 6.07) is 3.72. The van der Waals surface area contributed by atoms with Crippen LogP contribution in [0.15, 0.2) is 22.9 Å². The minimum absolute atomic E-state index is 0.0615. The number of pyridine rings is 1. The number of amides is 1. The van der Waals surface area contributed by atoms with Crippen molar-refractivity contribution in [3.05, 3.63) is 28.5 Å². The first kappa shape index (κ1) is 13.5. The molecule has 0 spiro atoms. The maximum atomic E-state index is 11.8. The molecule has 1 aromatic rings. The lowest BCUT2D eigenvalue weighted by atomic mass is 10.2. The SMILES string of the molecule is CSCCC(C)NC(=O)c1ccc(Br)nc1. The Balaban J connectivity index is 2.48. The number of hydrogen-bond acceptors (Lipinski definition) is 3. The first-order valence-electron chi connectivity index (χ1n) is 5.05. The van der Waals surface area contributed by atoms with E-state index in [4.69, 9.17) is 0 Å². The van der Waals surface area contributed by atoms with Crippen LogP contribution in [0, 0.1) is 0 Å². The lowest BCUT2D eigenvalue weighted by Crippen LogP contribution is -2.32. The lowest BCUT2D eigenvalue weighted by molar-refractivity contribution is 0.0939. The Labute approximate surface area is 109 Å². The summed E-state index contributed by atoms with van der Waals surface area (Å²) in [4.78, 5) is 15.8. The highest BCUT2D eigenvalue weighted by molar-refractivity contribution is 9.10. The number of nitrogens with one attached hydrogen (secondary N) is 1. The van der Waals surface area contributed by atoms with Gasteiger partial charge in [-0.2, -0.15) is 11.8 Å². The monoisotopic (exact) mass is 302 g/mol. The summed E-state index contributed by atoms with van der Waals surface area (Å²) in [5.74, 6) is 0.994. The maximum absolute atomic E-state index is 11.8. The molecule has 0 bridgehead atoms. The van der Waals surface area contributed by atoms with Crippen LogP contribution < -0.4 is 5.32 Å². The van der Waals surface area contributed by atoms with Crippen LogP contribution in [-0.4, -0.2) is 28.9 Å². The number of halogens is 1. The van der Waals surface area contributed by atoms with Gasteiger partial charge in [-0.3, -0.25) is 4.79 Å². The predicted octanol–water partition coefficient (Wildman–Crippen LogP) is 2.72. The van der Waals surface area contributed by atoms with Gasteiger partial charge in [-0.05, 0) is 53.4 Å². The van der Waals surface area contributed by atoms with Gasteiger partial charge in [0.1, 0.15) is 4.60 Å². The molecule has 16 heavy (non-hydrogen) atoms. The molecule has 1 amide bonds. The van der Waals surface area contributed by atoms with E-state index in [1.54, 1.807) is 30.1 Å². The van der Waals surface area contributed by atoms with Gasteiger partial charge < -0.3 is 5.32 Å². The number of carbonyl (C=O) groups excluding carboxylic acids is 1. The highest BCUT2D eigenvalue weighted by Crippen LogP contribution is 2.07. The van der Waals surface area contributed by atoms with Crippen LogP contribution in [0.2, 0.25) is 0 Å². The first-order valence-corrected chi connectivity index (χ1v) is 7.23. The molecule has 0 fully saturated rings. The molecule has 0 saturated heterocycles. The minimum Gasteiger partial charge on any atom is -0.350 e. The lowest BCUT2D eigenvalue weighted by Gasteiger charge is -2.12. The van der Waals surface area contributed by atoms with Crippen LogP contribution in [0.25, 0.3) is 0 Å². The molecule has 0 aliphatic rings. The quantitative estimate of drug-likeness (QED) is 0.851. The van der Waals surface area contributed by atoms with E-state index in [0.29, 0.717) is 5.56 Å². The number of nitrogens with zero attached hydrogens (tertiary/aromatic N) is 1. The molecule has 1 N–H and O–H groups in total. The summed E-state index contributed by atoms with van der Waals surface area (Å²) in [5, 5.41) is 2.94. The van der Waals surface area contributed by atoms with E-state index in [9.17, 15) is 4.79 Å². The van der Waals surface area contributed by atoms with Crippen LogP contribution in [0.5, 0.6) is 0 Å². The second-order valence-corrected chi connectivity index (χ2v) is 5.32. The van der Waals surface area contributed by atoms with Gasteiger partial charge in [0.15, 0.2) is 0 Å². The third kappa shape index (κ3) is 4.53. The van der Waals surface area contributed by atoms with E-state index in [1.165, 1.54) is 0 Å². The highest BCUT2D eigenvalue weighted by Gasteiger charge is 2.09. The van der Waals surface area contributed by atoms with Crippen molar-refractivity contribution in [2.24, 2.45) is 0 Å². The van der Waals surface area contributed by atoms with E-state index in [-0.39, 0.29) is 11.9 Å². The third-order valence-corrected chi connectivity index (χ3v) is 3.24. The van der Waals surface area contributed by atoms with Crippen LogP contribution in [-0.2, 0) is 0 Å². The second-order valence-electron chi connectivity index (χ2n) is 3.53. The van der Waals surface area contributed by atoms with Gasteiger partial charge in [0.2, 0.25) is 0 Å². The van der Waals surface area contributed by atoms with Crippen molar-refractivity contribution in [2.75, 3.05) is 12.0 Å². The summed E-state index contributed by atoms with van der Waals surface area (Å²) in [6.07, 6.45) is 4.62. The number of hydrogen-bond donors (Lipinski definition) is 1. The highest BCUT2D eigenvalue weighted by atomic mass is 79.9. The van der Waals surface area contributed by atoms with E-state index >= 15 is 0 Å². The standard InChI is InChI=1S/C11H15BrN2OS/c1-8(5-6-16-2)14-11(15)9-3-4-10(12)13-7-9/h3-4,7-8H,5-6H2,1-2H3,(H,14,15). The van der Waals surface area contributed by atoms with Crippen molar-refractivity contribution in [3.8, 4) is 0 Å². The molecule has 1 unspecified atom stereocenters. The number of thioether (sulfide) groups is 1. The smallest absolute Gasteiger partial charge is 0.253 e. The number of carbonyl (C=O) groups is 1. The van der Waals surface area contributed by atoms with E-state index in [2.05, 4.69) is 32.5 Å². The summed E-state index contributed by atoms with van der Waals surface area (Å²) < 4.78 is 0.736. The predicted molar refractivity (Wildman–Crippen MR) is 71.9 cm³/mol. The maximum Gasteiger partial charge on any atom is 0.253 e. The first-order chi connectivity index (χ1) is 7.63. The molecular formula is C11H15BrN2OS. The molecule has 0 aliphatic carbocycles. The van der Waals surface area contributed by atoms with Crippen molar-refractivity contribution in [2.45, 2.75) is 19.4 Å². The van der Waals surface area contributed by atoms with Gasteiger partial charge in [-0.25, -0.2) is 4.98 Å². The zero-order valence-electron chi connectivity index (χ0n) is 9.37. The van der Waals surface area contributed by atoms with Crippen LogP contribution in [0.4, 0.5) is 0 Å². The third-order valence-electron chi connectivity index (χ3n) is 2.12. The van der Waals surface area contributed by atoms with E-state index in [0.717, 1.165) is 16.8 Å². The summed E-state index contributed by atoms with van der Waals surface area (Å²) in [6.45, 7) is 2.01. The van der Waals surface area contributed by atoms with Crippen molar-refractivity contribution in [3.63, 3.8) is 0 Å². The van der Waals surface area contributed by atoms with Gasteiger partial charge in [0.25, 0.3) is 5.91 Å². The summed E-state index contributed by atoms with van der Waals surface area (Å²) >= 11 is 5.02. The average molecular weight is 303 g/mol.